The average molecular weight is 354 g/mol. The molecule has 128 valence electrons. The molecule has 2 heterocycles. The van der Waals surface area contributed by atoms with Crippen molar-refractivity contribution in [1.82, 2.24) is 19.5 Å². The Morgan fingerprint density at radius 3 is 2.92 bits per heavy atom. The van der Waals surface area contributed by atoms with Crippen molar-refractivity contribution in [3.63, 3.8) is 0 Å². The Morgan fingerprint density at radius 1 is 1.36 bits per heavy atom. The normalized spacial score (nSPS) is 10.6. The van der Waals surface area contributed by atoms with Gasteiger partial charge in [-0.25, -0.2) is 15.0 Å². The predicted molar refractivity (Wildman–Crippen MR) is 97.7 cm³/mol. The number of hydrogen-bond donors (Lipinski definition) is 1. The van der Waals surface area contributed by atoms with Crippen molar-refractivity contribution < 1.29 is 4.74 Å². The molecule has 8 heteroatoms. The highest BCUT2D eigenvalue weighted by atomic mass is 32.2. The average Bonchev–Trinajstić information content (AvgIpc) is 3.01. The highest BCUT2D eigenvalue weighted by Gasteiger charge is 2.12. The van der Waals surface area contributed by atoms with Crippen LogP contribution in [0.25, 0.3) is 11.2 Å². The van der Waals surface area contributed by atoms with Crippen LogP contribution in [0.5, 0.6) is 5.75 Å². The molecule has 0 unspecified atom stereocenters. The van der Waals surface area contributed by atoms with Gasteiger partial charge in [-0.1, -0.05) is 17.8 Å². The van der Waals surface area contributed by atoms with E-state index in [9.17, 15) is 5.26 Å². The molecule has 0 spiro atoms. The van der Waals surface area contributed by atoms with Gasteiger partial charge < -0.3 is 14.6 Å². The van der Waals surface area contributed by atoms with E-state index in [4.69, 9.17) is 4.74 Å². The van der Waals surface area contributed by atoms with Gasteiger partial charge in [0, 0.05) is 19.3 Å². The summed E-state index contributed by atoms with van der Waals surface area (Å²) >= 11 is 1.52. The summed E-state index contributed by atoms with van der Waals surface area (Å²) in [5.74, 6) is 1.98. The van der Waals surface area contributed by atoms with Crippen molar-refractivity contribution in [2.45, 2.75) is 17.8 Å². The summed E-state index contributed by atoms with van der Waals surface area (Å²) < 4.78 is 7.06. The Morgan fingerprint density at radius 2 is 2.20 bits per heavy atom. The van der Waals surface area contributed by atoms with Gasteiger partial charge in [0.05, 0.1) is 19.0 Å². The monoisotopic (exact) mass is 354 g/mol. The van der Waals surface area contributed by atoms with Crippen LogP contribution in [-0.2, 0) is 12.8 Å². The summed E-state index contributed by atoms with van der Waals surface area (Å²) in [6.45, 7) is 2.78. The van der Waals surface area contributed by atoms with E-state index in [1.165, 1.54) is 11.8 Å². The molecule has 3 rings (SSSR count). The molecule has 2 aromatic heterocycles. The number of aryl methyl sites for hydroxylation is 1. The summed E-state index contributed by atoms with van der Waals surface area (Å²) in [6.07, 6.45) is 1.73. The first-order valence-electron chi connectivity index (χ1n) is 7.79. The number of benzene rings is 1. The largest absolute Gasteiger partial charge is 0.495 e. The van der Waals surface area contributed by atoms with Crippen LogP contribution in [0.3, 0.4) is 0 Å². The minimum Gasteiger partial charge on any atom is -0.495 e. The lowest BCUT2D eigenvalue weighted by molar-refractivity contribution is 0.413. The highest BCUT2D eigenvalue weighted by Crippen LogP contribution is 2.27. The molecule has 0 bridgehead atoms. The Labute approximate surface area is 150 Å². The van der Waals surface area contributed by atoms with Gasteiger partial charge in [0.25, 0.3) is 0 Å². The van der Waals surface area contributed by atoms with Crippen molar-refractivity contribution in [3.05, 3.63) is 35.7 Å². The number of nitriles is 1. The zero-order valence-corrected chi connectivity index (χ0v) is 15.1. The quantitative estimate of drug-likeness (QED) is 0.538. The van der Waals surface area contributed by atoms with Crippen LogP contribution in [0.15, 0.2) is 29.7 Å². The molecule has 0 atom stereocenters. The van der Waals surface area contributed by atoms with E-state index in [1.54, 1.807) is 13.4 Å². The Hall–Kier alpha value is -2.79. The molecule has 7 nitrogen and oxygen atoms in total. The zero-order chi connectivity index (χ0) is 17.8. The van der Waals surface area contributed by atoms with Gasteiger partial charge in [-0.15, -0.1) is 0 Å². The van der Waals surface area contributed by atoms with Crippen LogP contribution in [-0.4, -0.2) is 33.2 Å². The number of rotatable bonds is 6. The van der Waals surface area contributed by atoms with Gasteiger partial charge in [0.15, 0.2) is 16.6 Å². The van der Waals surface area contributed by atoms with Gasteiger partial charge in [-0.2, -0.15) is 5.26 Å². The number of methoxy groups -OCH3 is 1. The third-order valence-corrected chi connectivity index (χ3v) is 4.55. The molecule has 0 radical (unpaired) electrons. The Kier molecular flexibility index (Phi) is 5.05. The second-order valence-corrected chi connectivity index (χ2v) is 6.29. The third-order valence-electron chi connectivity index (χ3n) is 3.64. The van der Waals surface area contributed by atoms with E-state index in [1.807, 2.05) is 36.7 Å². The second kappa shape index (κ2) is 7.40. The fraction of sp³-hybridized carbons (Fsp3) is 0.294. The number of nitrogens with zero attached hydrogens (tertiary/aromatic N) is 5. The van der Waals surface area contributed by atoms with Crippen LogP contribution < -0.4 is 10.1 Å². The fourth-order valence-corrected chi connectivity index (χ4v) is 3.20. The molecule has 0 fully saturated rings. The molecule has 0 aliphatic rings. The van der Waals surface area contributed by atoms with Crippen LogP contribution >= 0.6 is 11.8 Å². The number of fused-ring (bicyclic) bond motifs is 1. The van der Waals surface area contributed by atoms with Gasteiger partial charge in [-0.3, -0.25) is 0 Å². The molecular weight excluding hydrogens is 336 g/mol. The van der Waals surface area contributed by atoms with E-state index in [0.29, 0.717) is 22.2 Å². The fourth-order valence-electron chi connectivity index (χ4n) is 2.42. The van der Waals surface area contributed by atoms with Crippen LogP contribution in [0, 0.1) is 11.3 Å². The molecular formula is C17H18N6OS. The summed E-state index contributed by atoms with van der Waals surface area (Å²) in [6, 6.07) is 7.74. The molecule has 0 saturated carbocycles. The van der Waals surface area contributed by atoms with Crippen molar-refractivity contribution in [3.8, 4) is 11.8 Å². The zero-order valence-electron chi connectivity index (χ0n) is 14.3. The highest BCUT2D eigenvalue weighted by molar-refractivity contribution is 7.98. The minimum atomic E-state index is 0.525. The number of imidazole rings is 1. The van der Waals surface area contributed by atoms with Crippen molar-refractivity contribution >= 4 is 28.7 Å². The maximum Gasteiger partial charge on any atom is 0.191 e. The van der Waals surface area contributed by atoms with Gasteiger partial charge >= 0.3 is 0 Å². The van der Waals surface area contributed by atoms with E-state index < -0.39 is 0 Å². The second-order valence-electron chi connectivity index (χ2n) is 5.35. The molecule has 1 N–H and O–H groups in total. The van der Waals surface area contributed by atoms with Crippen LogP contribution in [0.1, 0.15) is 18.1 Å². The SMILES string of the molecule is CCNc1nc(SCc2ccc(OC)c(C#N)c2)nc2c1ncn2C. The first-order valence-corrected chi connectivity index (χ1v) is 8.77. The lowest BCUT2D eigenvalue weighted by atomic mass is 10.1. The van der Waals surface area contributed by atoms with Crippen molar-refractivity contribution in [2.24, 2.45) is 7.05 Å². The molecule has 25 heavy (non-hydrogen) atoms. The predicted octanol–water partition coefficient (Wildman–Crippen LogP) is 2.97. The van der Waals surface area contributed by atoms with Gasteiger partial charge in [0.1, 0.15) is 17.3 Å². The van der Waals surface area contributed by atoms with Crippen molar-refractivity contribution in [2.75, 3.05) is 19.0 Å². The topological polar surface area (TPSA) is 88.7 Å². The molecule has 0 saturated heterocycles. The maximum absolute atomic E-state index is 9.20. The van der Waals surface area contributed by atoms with Crippen molar-refractivity contribution in [1.29, 1.82) is 5.26 Å². The van der Waals surface area contributed by atoms with E-state index >= 15 is 0 Å². The third kappa shape index (κ3) is 3.51. The number of hydrogen-bond acceptors (Lipinski definition) is 7. The number of nitrogens with one attached hydrogen (secondary N) is 1. The minimum absolute atomic E-state index is 0.525. The number of thioether (sulfide) groups is 1. The summed E-state index contributed by atoms with van der Waals surface area (Å²) in [5.41, 5.74) is 3.10. The van der Waals surface area contributed by atoms with Crippen LogP contribution in [0.2, 0.25) is 0 Å². The number of anilines is 1. The van der Waals surface area contributed by atoms with E-state index in [2.05, 4.69) is 26.3 Å². The van der Waals surface area contributed by atoms with E-state index in [-0.39, 0.29) is 0 Å². The maximum atomic E-state index is 9.20. The molecule has 0 amide bonds. The molecule has 3 aromatic rings. The lowest BCUT2D eigenvalue weighted by Crippen LogP contribution is -2.03. The number of aromatic nitrogens is 4. The van der Waals surface area contributed by atoms with Gasteiger partial charge in [-0.05, 0) is 24.6 Å². The first-order chi connectivity index (χ1) is 12.2. The summed E-state index contributed by atoms with van der Waals surface area (Å²) in [7, 11) is 3.47. The molecule has 1 aromatic carbocycles. The molecule has 0 aliphatic heterocycles. The first kappa shape index (κ1) is 17.0. The Bertz CT molecular complexity index is 946. The summed E-state index contributed by atoms with van der Waals surface area (Å²) in [5, 5.41) is 13.1. The Balaban J connectivity index is 1.86. The standard InChI is InChI=1S/C17H18N6OS/c1-4-19-15-14-16(23(2)10-20-14)22-17(21-15)25-9-11-5-6-13(24-3)12(7-11)8-18/h5-7,10H,4,9H2,1-3H3,(H,19,21,22). The number of ether oxygens (including phenoxy) is 1. The molecule has 0 aliphatic carbocycles. The van der Waals surface area contributed by atoms with Gasteiger partial charge in [0.2, 0.25) is 0 Å². The lowest BCUT2D eigenvalue weighted by Gasteiger charge is -2.08. The summed E-state index contributed by atoms with van der Waals surface area (Å²) in [4.78, 5) is 13.5. The smallest absolute Gasteiger partial charge is 0.191 e. The van der Waals surface area contributed by atoms with E-state index in [0.717, 1.165) is 29.1 Å². The van der Waals surface area contributed by atoms with Crippen LogP contribution in [0.4, 0.5) is 5.82 Å².